The molecule has 0 spiro atoms. The first-order valence-electron chi connectivity index (χ1n) is 9.93. The molecule has 0 aliphatic carbocycles. The highest BCUT2D eigenvalue weighted by molar-refractivity contribution is 7.85. The highest BCUT2D eigenvalue weighted by Gasteiger charge is 2.32. The monoisotopic (exact) mass is 412 g/mol. The lowest BCUT2D eigenvalue weighted by Gasteiger charge is -2.39. The molecule has 0 aliphatic rings. The average Bonchev–Trinajstić information content (AvgIpc) is 2.69. The fourth-order valence-corrected chi connectivity index (χ4v) is 5.07. The molecule has 2 rings (SSSR count). The molecule has 5 heteroatoms. The summed E-state index contributed by atoms with van der Waals surface area (Å²) < 4.78 is 13.5. The number of nitrogens with zero attached hydrogens (tertiary/aromatic N) is 1. The number of carboxylic acid groups (broad SMARTS) is 1. The van der Waals surface area contributed by atoms with Gasteiger partial charge in [-0.3, -0.25) is 4.21 Å². The van der Waals surface area contributed by atoms with E-state index in [0.717, 1.165) is 11.1 Å². The van der Waals surface area contributed by atoms with Gasteiger partial charge in [-0.15, -0.1) is 6.58 Å². The highest BCUT2D eigenvalue weighted by Crippen LogP contribution is 2.27. The number of aryl methyl sites for hydroxylation is 1. The molecule has 3 atom stereocenters. The predicted molar refractivity (Wildman–Crippen MR) is 117 cm³/mol. The van der Waals surface area contributed by atoms with E-state index in [1.807, 2.05) is 75.4 Å². The summed E-state index contributed by atoms with van der Waals surface area (Å²) in [6.45, 7) is 10.1. The molecule has 2 aromatic carbocycles. The van der Waals surface area contributed by atoms with Gasteiger partial charge in [-0.25, -0.2) is 0 Å². The first-order valence-corrected chi connectivity index (χ1v) is 11.1. The Morgan fingerprint density at radius 3 is 2.28 bits per heavy atom. The van der Waals surface area contributed by atoms with Crippen molar-refractivity contribution in [3.63, 3.8) is 0 Å². The van der Waals surface area contributed by atoms with Gasteiger partial charge in [0.25, 0.3) is 0 Å². The topological polar surface area (TPSA) is 60.4 Å². The van der Waals surface area contributed by atoms with Gasteiger partial charge in [0, 0.05) is 17.5 Å². The minimum Gasteiger partial charge on any atom is -0.530 e. The lowest BCUT2D eigenvalue weighted by atomic mass is 9.97. The second kappa shape index (κ2) is 11.0. The zero-order valence-electron chi connectivity index (χ0n) is 17.4. The maximum Gasteiger partial charge on any atom is 0.137 e. The van der Waals surface area contributed by atoms with Crippen molar-refractivity contribution < 1.29 is 14.1 Å². The number of carbonyl (C=O) groups excluding carboxylic acids is 1. The first-order chi connectivity index (χ1) is 13.8. The number of carbonyl (C=O) groups is 1. The van der Waals surface area contributed by atoms with Crippen molar-refractivity contribution in [2.75, 3.05) is 0 Å². The third kappa shape index (κ3) is 6.57. The molecular weight excluding hydrogens is 382 g/mol. The Labute approximate surface area is 176 Å². The number of allylic oxidation sites excluding steroid dienone is 1. The standard InChI is InChI=1S/C24H31NO3S/c1-5-9-23(29(28)21-14-12-19(4)13-15-21)22(16-18(2)3)25(24(26)27)17-20-10-7-6-8-11-20/h5-8,10-15,18,22-23H,1,9,16-17H2,2-4H3,(H,26,27)/p-1/t22-,23-,29+/m0/s1. The van der Waals surface area contributed by atoms with Gasteiger partial charge in [0.05, 0.1) is 16.0 Å². The second-order valence-electron chi connectivity index (χ2n) is 7.75. The summed E-state index contributed by atoms with van der Waals surface area (Å²) in [5.74, 6) is 0.236. The van der Waals surface area contributed by atoms with E-state index in [1.165, 1.54) is 4.90 Å². The van der Waals surface area contributed by atoms with E-state index in [9.17, 15) is 14.1 Å². The minimum atomic E-state index is -1.37. The van der Waals surface area contributed by atoms with Crippen molar-refractivity contribution in [2.45, 2.75) is 56.3 Å². The van der Waals surface area contributed by atoms with Gasteiger partial charge < -0.3 is 14.8 Å². The molecule has 0 aliphatic heterocycles. The number of benzene rings is 2. The van der Waals surface area contributed by atoms with Gasteiger partial charge in [-0.2, -0.15) is 0 Å². The van der Waals surface area contributed by atoms with Gasteiger partial charge >= 0.3 is 0 Å². The van der Waals surface area contributed by atoms with Crippen molar-refractivity contribution in [2.24, 2.45) is 5.92 Å². The third-order valence-corrected chi connectivity index (χ3v) is 6.69. The van der Waals surface area contributed by atoms with Crippen LogP contribution in [0.1, 0.15) is 37.8 Å². The average molecular weight is 413 g/mol. The van der Waals surface area contributed by atoms with Crippen molar-refractivity contribution in [3.05, 3.63) is 78.4 Å². The zero-order valence-corrected chi connectivity index (χ0v) is 18.2. The van der Waals surface area contributed by atoms with Crippen LogP contribution in [0.2, 0.25) is 0 Å². The molecule has 156 valence electrons. The fourth-order valence-electron chi connectivity index (χ4n) is 3.46. The van der Waals surface area contributed by atoms with Crippen LogP contribution in [0.25, 0.3) is 0 Å². The summed E-state index contributed by atoms with van der Waals surface area (Å²) in [5, 5.41) is 11.7. The summed E-state index contributed by atoms with van der Waals surface area (Å²) >= 11 is 0. The van der Waals surface area contributed by atoms with Crippen LogP contribution in [0.4, 0.5) is 4.79 Å². The molecule has 0 heterocycles. The Morgan fingerprint density at radius 2 is 1.76 bits per heavy atom. The maximum absolute atomic E-state index is 13.5. The second-order valence-corrected chi connectivity index (χ2v) is 9.42. The summed E-state index contributed by atoms with van der Waals surface area (Å²) in [4.78, 5) is 14.2. The SMILES string of the molecule is C=CC[C@@H]([C@H](CC(C)C)N(Cc1ccccc1)C(=O)[O-])[S@](=O)c1ccc(C)cc1. The molecular formula is C24H30NO3S-. The fraction of sp³-hybridized carbons (Fsp3) is 0.375. The number of hydrogen-bond donors (Lipinski definition) is 0. The summed E-state index contributed by atoms with van der Waals surface area (Å²) in [7, 11) is -1.37. The Morgan fingerprint density at radius 1 is 1.14 bits per heavy atom. The predicted octanol–water partition coefficient (Wildman–Crippen LogP) is 4.31. The summed E-state index contributed by atoms with van der Waals surface area (Å²) in [6, 6.07) is 16.6. The van der Waals surface area contributed by atoms with Crippen LogP contribution in [-0.2, 0) is 17.3 Å². The van der Waals surface area contributed by atoms with E-state index >= 15 is 0 Å². The van der Waals surface area contributed by atoms with Crippen molar-refractivity contribution in [3.8, 4) is 0 Å². The third-order valence-electron chi connectivity index (χ3n) is 4.90. The molecule has 0 N–H and O–H groups in total. The molecule has 29 heavy (non-hydrogen) atoms. The van der Waals surface area contributed by atoms with Crippen LogP contribution in [0.5, 0.6) is 0 Å². The quantitative estimate of drug-likeness (QED) is 0.547. The van der Waals surface area contributed by atoms with Crippen LogP contribution in [0.15, 0.2) is 72.1 Å². The highest BCUT2D eigenvalue weighted by atomic mass is 32.2. The van der Waals surface area contributed by atoms with Crippen molar-refractivity contribution >= 4 is 16.9 Å². The van der Waals surface area contributed by atoms with E-state index in [0.29, 0.717) is 17.7 Å². The molecule has 2 aromatic rings. The van der Waals surface area contributed by atoms with E-state index < -0.39 is 28.2 Å². The molecule has 0 saturated heterocycles. The maximum atomic E-state index is 13.5. The van der Waals surface area contributed by atoms with E-state index in [4.69, 9.17) is 0 Å². The Hall–Kier alpha value is -2.40. The molecule has 0 radical (unpaired) electrons. The Bertz CT molecular complexity index is 818. The van der Waals surface area contributed by atoms with E-state index in [1.54, 1.807) is 6.08 Å². The van der Waals surface area contributed by atoms with Crippen molar-refractivity contribution in [1.29, 1.82) is 0 Å². The van der Waals surface area contributed by atoms with Crippen LogP contribution in [-0.4, -0.2) is 26.5 Å². The van der Waals surface area contributed by atoms with Gasteiger partial charge in [0.1, 0.15) is 6.09 Å². The van der Waals surface area contributed by atoms with Gasteiger partial charge in [-0.05, 0) is 43.4 Å². The molecule has 0 aromatic heterocycles. The van der Waals surface area contributed by atoms with Crippen LogP contribution in [0, 0.1) is 12.8 Å². The smallest absolute Gasteiger partial charge is 0.137 e. The summed E-state index contributed by atoms with van der Waals surface area (Å²) in [5.41, 5.74) is 1.97. The zero-order chi connectivity index (χ0) is 21.4. The van der Waals surface area contributed by atoms with E-state index in [-0.39, 0.29) is 12.5 Å². The normalized spacial score (nSPS) is 14.2. The minimum absolute atomic E-state index is 0.208. The lowest BCUT2D eigenvalue weighted by molar-refractivity contribution is -0.269. The largest absolute Gasteiger partial charge is 0.530 e. The van der Waals surface area contributed by atoms with Crippen molar-refractivity contribution in [1.82, 2.24) is 4.90 Å². The lowest BCUT2D eigenvalue weighted by Crippen LogP contribution is -2.53. The number of rotatable bonds is 10. The molecule has 0 fully saturated rings. The first kappa shape index (κ1) is 22.9. The Kier molecular flexibility index (Phi) is 8.65. The Balaban J connectivity index is 2.42. The summed E-state index contributed by atoms with van der Waals surface area (Å²) in [6.07, 6.45) is 1.53. The molecule has 4 nitrogen and oxygen atoms in total. The van der Waals surface area contributed by atoms with Gasteiger partial charge in [0.2, 0.25) is 0 Å². The van der Waals surface area contributed by atoms with E-state index in [2.05, 4.69) is 6.58 Å². The molecule has 0 saturated carbocycles. The molecule has 0 bridgehead atoms. The number of amides is 1. The van der Waals surface area contributed by atoms with Gasteiger partial charge in [0.15, 0.2) is 0 Å². The van der Waals surface area contributed by atoms with Crippen LogP contribution >= 0.6 is 0 Å². The molecule has 1 amide bonds. The number of hydrogen-bond acceptors (Lipinski definition) is 3. The van der Waals surface area contributed by atoms with Gasteiger partial charge in [-0.1, -0.05) is 68.0 Å². The van der Waals surface area contributed by atoms with Crippen LogP contribution < -0.4 is 5.11 Å². The van der Waals surface area contributed by atoms with Crippen LogP contribution in [0.3, 0.4) is 0 Å². The molecule has 0 unspecified atom stereocenters.